The molecule has 1 heterocycles. The average Bonchev–Trinajstić information content (AvgIpc) is 2.37. The van der Waals surface area contributed by atoms with Crippen molar-refractivity contribution < 1.29 is 13.2 Å². The van der Waals surface area contributed by atoms with Gasteiger partial charge in [-0.1, -0.05) is 30.1 Å². The summed E-state index contributed by atoms with van der Waals surface area (Å²) in [7, 11) is -3.62. The van der Waals surface area contributed by atoms with Gasteiger partial charge in [0.05, 0.1) is 11.6 Å². The summed E-state index contributed by atoms with van der Waals surface area (Å²) < 4.78 is 31.2. The molecule has 5 nitrogen and oxygen atoms in total. The van der Waals surface area contributed by atoms with Gasteiger partial charge in [0.1, 0.15) is 10.0 Å². The van der Waals surface area contributed by atoms with Gasteiger partial charge in [0.2, 0.25) is 10.0 Å². The van der Waals surface area contributed by atoms with Crippen LogP contribution in [0.15, 0.2) is 17.2 Å². The Hall–Kier alpha value is -0.400. The van der Waals surface area contributed by atoms with Crippen LogP contribution in [0.1, 0.15) is 13.8 Å². The Morgan fingerprint density at radius 1 is 1.37 bits per heavy atom. The molecule has 0 radical (unpaired) electrons. The molecule has 1 rings (SSSR count). The number of aromatic nitrogens is 1. The van der Waals surface area contributed by atoms with Crippen LogP contribution in [0.25, 0.3) is 0 Å². The standard InChI is InChI=1S/C11H16Cl2N2O3S/c1-3-15(5-6-18-4-2)19(16,17)9-7-10(12)11(13)14-8-9/h7-8H,3-6H2,1-2H3. The van der Waals surface area contributed by atoms with Crippen LogP contribution in [-0.2, 0) is 14.8 Å². The van der Waals surface area contributed by atoms with Crippen LogP contribution < -0.4 is 0 Å². The van der Waals surface area contributed by atoms with Crippen molar-refractivity contribution in [3.05, 3.63) is 22.4 Å². The van der Waals surface area contributed by atoms with E-state index >= 15 is 0 Å². The zero-order chi connectivity index (χ0) is 14.5. The largest absolute Gasteiger partial charge is 0.380 e. The quantitative estimate of drug-likeness (QED) is 0.570. The highest BCUT2D eigenvalue weighted by Crippen LogP contribution is 2.24. The van der Waals surface area contributed by atoms with Crippen molar-refractivity contribution in [3.8, 4) is 0 Å². The molecule has 0 bridgehead atoms. The third kappa shape index (κ3) is 4.29. The lowest BCUT2D eigenvalue weighted by molar-refractivity contribution is 0.135. The van der Waals surface area contributed by atoms with Crippen LogP contribution in [0.3, 0.4) is 0 Å². The number of ether oxygens (including phenoxy) is 1. The lowest BCUT2D eigenvalue weighted by Gasteiger charge is -2.20. The number of hydrogen-bond donors (Lipinski definition) is 0. The zero-order valence-corrected chi connectivity index (χ0v) is 13.1. The van der Waals surface area contributed by atoms with Crippen molar-refractivity contribution in [2.45, 2.75) is 18.7 Å². The third-order valence-electron chi connectivity index (χ3n) is 2.45. The minimum absolute atomic E-state index is 0.0280. The van der Waals surface area contributed by atoms with Crippen molar-refractivity contribution in [1.82, 2.24) is 9.29 Å². The molecule has 1 aromatic rings. The Morgan fingerprint density at radius 2 is 2.05 bits per heavy atom. The van der Waals surface area contributed by atoms with E-state index in [-0.39, 0.29) is 21.6 Å². The summed E-state index contributed by atoms with van der Waals surface area (Å²) in [5.41, 5.74) is 0. The molecular weight excluding hydrogens is 311 g/mol. The van der Waals surface area contributed by atoms with Crippen LogP contribution in [-0.4, -0.2) is 44.0 Å². The summed E-state index contributed by atoms with van der Waals surface area (Å²) in [6, 6.07) is 1.30. The average molecular weight is 327 g/mol. The molecule has 0 fully saturated rings. The van der Waals surface area contributed by atoms with Crippen molar-refractivity contribution in [2.24, 2.45) is 0 Å². The molecule has 0 saturated heterocycles. The topological polar surface area (TPSA) is 59.5 Å². The van der Waals surface area contributed by atoms with Crippen LogP contribution in [0.4, 0.5) is 0 Å². The molecular formula is C11H16Cl2N2O3S. The molecule has 0 spiro atoms. The van der Waals surface area contributed by atoms with Gasteiger partial charge in [0.25, 0.3) is 0 Å². The van der Waals surface area contributed by atoms with E-state index in [1.54, 1.807) is 6.92 Å². The molecule has 19 heavy (non-hydrogen) atoms. The van der Waals surface area contributed by atoms with Crippen molar-refractivity contribution in [1.29, 1.82) is 0 Å². The van der Waals surface area contributed by atoms with Crippen LogP contribution in [0.5, 0.6) is 0 Å². The third-order valence-corrected chi connectivity index (χ3v) is 5.08. The van der Waals surface area contributed by atoms with Gasteiger partial charge in [-0.25, -0.2) is 13.4 Å². The van der Waals surface area contributed by atoms with Gasteiger partial charge in [0.15, 0.2) is 0 Å². The number of rotatable bonds is 7. The first-order valence-corrected chi connectivity index (χ1v) is 8.02. The second-order valence-corrected chi connectivity index (χ2v) is 6.34. The fourth-order valence-electron chi connectivity index (χ4n) is 1.45. The first-order valence-electron chi connectivity index (χ1n) is 5.82. The van der Waals surface area contributed by atoms with Crippen LogP contribution in [0.2, 0.25) is 10.2 Å². The lowest BCUT2D eigenvalue weighted by Crippen LogP contribution is -2.34. The summed E-state index contributed by atoms with van der Waals surface area (Å²) in [5.74, 6) is 0. The molecule has 0 N–H and O–H groups in total. The fourth-order valence-corrected chi connectivity index (χ4v) is 3.19. The van der Waals surface area contributed by atoms with E-state index in [1.165, 1.54) is 16.6 Å². The van der Waals surface area contributed by atoms with Crippen LogP contribution >= 0.6 is 23.2 Å². The SMILES string of the molecule is CCOCCN(CC)S(=O)(=O)c1cnc(Cl)c(Cl)c1. The monoisotopic (exact) mass is 326 g/mol. The minimum Gasteiger partial charge on any atom is -0.380 e. The number of nitrogens with zero attached hydrogens (tertiary/aromatic N) is 2. The molecule has 108 valence electrons. The first kappa shape index (κ1) is 16.7. The van der Waals surface area contributed by atoms with E-state index in [0.29, 0.717) is 19.8 Å². The molecule has 0 amide bonds. The van der Waals surface area contributed by atoms with E-state index < -0.39 is 10.0 Å². The Kier molecular flexibility index (Phi) is 6.49. The van der Waals surface area contributed by atoms with Gasteiger partial charge in [0, 0.05) is 25.9 Å². The molecule has 0 aliphatic heterocycles. The number of sulfonamides is 1. The molecule has 0 aromatic carbocycles. The van der Waals surface area contributed by atoms with E-state index in [4.69, 9.17) is 27.9 Å². The van der Waals surface area contributed by atoms with Gasteiger partial charge >= 0.3 is 0 Å². The number of hydrogen-bond acceptors (Lipinski definition) is 4. The Morgan fingerprint density at radius 3 is 2.58 bits per heavy atom. The van der Waals surface area contributed by atoms with Gasteiger partial charge in [-0.15, -0.1) is 0 Å². The van der Waals surface area contributed by atoms with E-state index in [0.717, 1.165) is 0 Å². The predicted octanol–water partition coefficient (Wildman–Crippen LogP) is 2.44. The second-order valence-electron chi connectivity index (χ2n) is 3.64. The van der Waals surface area contributed by atoms with E-state index in [9.17, 15) is 8.42 Å². The van der Waals surface area contributed by atoms with E-state index in [2.05, 4.69) is 4.98 Å². The van der Waals surface area contributed by atoms with E-state index in [1.807, 2.05) is 6.92 Å². The normalized spacial score (nSPS) is 12.1. The second kappa shape index (κ2) is 7.40. The minimum atomic E-state index is -3.62. The maximum Gasteiger partial charge on any atom is 0.244 e. The Balaban J connectivity index is 2.96. The van der Waals surface area contributed by atoms with Crippen molar-refractivity contribution in [2.75, 3.05) is 26.3 Å². The van der Waals surface area contributed by atoms with Crippen molar-refractivity contribution in [3.63, 3.8) is 0 Å². The first-order chi connectivity index (χ1) is 8.93. The summed E-state index contributed by atoms with van der Waals surface area (Å²) >= 11 is 11.5. The van der Waals surface area contributed by atoms with Gasteiger partial charge in [-0.3, -0.25) is 0 Å². The summed E-state index contributed by atoms with van der Waals surface area (Å²) in [4.78, 5) is 3.78. The molecule has 0 unspecified atom stereocenters. The molecule has 0 atom stereocenters. The smallest absolute Gasteiger partial charge is 0.244 e. The molecule has 0 saturated carbocycles. The van der Waals surface area contributed by atoms with Crippen LogP contribution in [0, 0.1) is 0 Å². The number of likely N-dealkylation sites (N-methyl/N-ethyl adjacent to an activating group) is 1. The highest BCUT2D eigenvalue weighted by Gasteiger charge is 2.24. The highest BCUT2D eigenvalue weighted by atomic mass is 35.5. The van der Waals surface area contributed by atoms with Crippen molar-refractivity contribution >= 4 is 33.2 Å². The van der Waals surface area contributed by atoms with Gasteiger partial charge in [-0.05, 0) is 13.0 Å². The summed E-state index contributed by atoms with van der Waals surface area (Å²) in [5, 5.41) is 0.196. The lowest BCUT2D eigenvalue weighted by atomic mass is 10.5. The highest BCUT2D eigenvalue weighted by molar-refractivity contribution is 7.89. The fraction of sp³-hybridized carbons (Fsp3) is 0.545. The maximum atomic E-state index is 12.3. The zero-order valence-electron chi connectivity index (χ0n) is 10.8. The summed E-state index contributed by atoms with van der Waals surface area (Å²) in [6.07, 6.45) is 1.20. The molecule has 0 aliphatic carbocycles. The number of halogens is 2. The molecule has 1 aromatic heterocycles. The Bertz CT molecular complexity index is 523. The molecule has 8 heteroatoms. The van der Waals surface area contributed by atoms with Gasteiger partial charge < -0.3 is 4.74 Å². The molecule has 0 aliphatic rings. The number of pyridine rings is 1. The Labute approximate surface area is 123 Å². The summed E-state index contributed by atoms with van der Waals surface area (Å²) in [6.45, 7) is 5.13. The van der Waals surface area contributed by atoms with Gasteiger partial charge in [-0.2, -0.15) is 4.31 Å². The maximum absolute atomic E-state index is 12.3. The predicted molar refractivity (Wildman–Crippen MR) is 75.2 cm³/mol.